The van der Waals surface area contributed by atoms with Gasteiger partial charge in [0, 0.05) is 6.54 Å². The van der Waals surface area contributed by atoms with Crippen molar-refractivity contribution in [1.29, 1.82) is 0 Å². The van der Waals surface area contributed by atoms with E-state index in [9.17, 15) is 18.3 Å². The topological polar surface area (TPSA) is 127 Å². The van der Waals surface area contributed by atoms with Crippen LogP contribution in [0.1, 0.15) is 0 Å². The van der Waals surface area contributed by atoms with Crippen LogP contribution in [0.15, 0.2) is 6.20 Å². The van der Waals surface area contributed by atoms with Crippen LogP contribution in [0.25, 0.3) is 0 Å². The molecule has 1 amide bonds. The monoisotopic (exact) mass is 319 g/mol. The molecule has 1 aromatic rings. The third-order valence-electron chi connectivity index (χ3n) is 2.88. The van der Waals surface area contributed by atoms with Crippen LogP contribution in [0, 0.1) is 0 Å². The molecular weight excluding hydrogens is 302 g/mol. The van der Waals surface area contributed by atoms with Crippen molar-refractivity contribution in [1.82, 2.24) is 19.9 Å². The van der Waals surface area contributed by atoms with Gasteiger partial charge in [-0.2, -0.15) is 0 Å². The molecule has 0 saturated carbocycles. The normalized spacial score (nSPS) is 19.5. The van der Waals surface area contributed by atoms with E-state index in [4.69, 9.17) is 4.74 Å². The molecule has 21 heavy (non-hydrogen) atoms. The summed E-state index contributed by atoms with van der Waals surface area (Å²) in [4.78, 5) is 13.7. The van der Waals surface area contributed by atoms with Gasteiger partial charge >= 0.3 is 0 Å². The minimum absolute atomic E-state index is 0.0472. The van der Waals surface area contributed by atoms with E-state index in [1.54, 1.807) is 0 Å². The first-order valence-corrected chi connectivity index (χ1v) is 8.14. The van der Waals surface area contributed by atoms with Gasteiger partial charge in [0.1, 0.15) is 6.54 Å². The Morgan fingerprint density at radius 2 is 2.38 bits per heavy atom. The third-order valence-corrected chi connectivity index (χ3v) is 3.46. The van der Waals surface area contributed by atoms with Crippen molar-refractivity contribution < 1.29 is 23.1 Å². The summed E-state index contributed by atoms with van der Waals surface area (Å²) in [6, 6.07) is -0.372. The highest BCUT2D eigenvalue weighted by Gasteiger charge is 2.27. The molecule has 1 unspecified atom stereocenters. The molecule has 1 fully saturated rings. The molecule has 11 heteroatoms. The molecule has 0 aromatic carbocycles. The molecule has 1 aromatic heterocycles. The van der Waals surface area contributed by atoms with E-state index in [2.05, 4.69) is 15.0 Å². The summed E-state index contributed by atoms with van der Waals surface area (Å²) >= 11 is 0. The predicted octanol–water partition coefficient (Wildman–Crippen LogP) is -2.13. The van der Waals surface area contributed by atoms with Crippen LogP contribution in [0.2, 0.25) is 0 Å². The van der Waals surface area contributed by atoms with Gasteiger partial charge in [-0.05, 0) is 0 Å². The van der Waals surface area contributed by atoms with E-state index in [0.717, 1.165) is 6.26 Å². The molecule has 2 heterocycles. The van der Waals surface area contributed by atoms with Crippen molar-refractivity contribution in [3.63, 3.8) is 0 Å². The van der Waals surface area contributed by atoms with Crippen molar-refractivity contribution in [3.8, 4) is 0 Å². The van der Waals surface area contributed by atoms with E-state index < -0.39 is 10.0 Å². The first kappa shape index (κ1) is 15.7. The van der Waals surface area contributed by atoms with Gasteiger partial charge in [-0.3, -0.25) is 9.52 Å². The molecule has 1 saturated heterocycles. The summed E-state index contributed by atoms with van der Waals surface area (Å²) in [6.07, 6.45) is 2.32. The van der Waals surface area contributed by atoms with E-state index in [1.807, 2.05) is 0 Å². The fourth-order valence-corrected chi connectivity index (χ4v) is 2.45. The predicted molar refractivity (Wildman–Crippen MR) is 71.9 cm³/mol. The Kier molecular flexibility index (Phi) is 4.75. The number of nitrogens with zero attached hydrogens (tertiary/aromatic N) is 4. The number of sulfonamides is 1. The van der Waals surface area contributed by atoms with Crippen molar-refractivity contribution in [3.05, 3.63) is 6.20 Å². The number of nitrogens with one attached hydrogen (secondary N) is 1. The summed E-state index contributed by atoms with van der Waals surface area (Å²) in [5.74, 6) is -0.195. The molecule has 2 N–H and O–H groups in total. The number of carbonyl (C=O) groups is 1. The standard InChI is InChI=1S/C10H17N5O5S/c1-21(18,19)12-9-4-14(13-11-9)5-10(17)15-2-3-20-7-8(15)6-16/h4,8,12,16H,2-3,5-7H2,1H3. The highest BCUT2D eigenvalue weighted by molar-refractivity contribution is 7.92. The van der Waals surface area contributed by atoms with Gasteiger partial charge < -0.3 is 14.7 Å². The minimum atomic E-state index is -3.44. The Balaban J connectivity index is 1.99. The maximum Gasteiger partial charge on any atom is 0.244 e. The molecule has 1 aliphatic rings. The lowest BCUT2D eigenvalue weighted by Crippen LogP contribution is -2.51. The van der Waals surface area contributed by atoms with Gasteiger partial charge in [-0.15, -0.1) is 5.10 Å². The summed E-state index contributed by atoms with van der Waals surface area (Å²) in [5, 5.41) is 16.5. The van der Waals surface area contributed by atoms with Gasteiger partial charge in [0.05, 0.1) is 38.3 Å². The van der Waals surface area contributed by atoms with E-state index in [1.165, 1.54) is 15.8 Å². The Hall–Kier alpha value is -1.72. The summed E-state index contributed by atoms with van der Waals surface area (Å²) in [6.45, 7) is 0.840. The number of aliphatic hydroxyl groups is 1. The maximum absolute atomic E-state index is 12.2. The quantitative estimate of drug-likeness (QED) is 0.634. The van der Waals surface area contributed by atoms with Crippen LogP contribution < -0.4 is 4.72 Å². The van der Waals surface area contributed by atoms with E-state index >= 15 is 0 Å². The Morgan fingerprint density at radius 1 is 1.62 bits per heavy atom. The van der Waals surface area contributed by atoms with Crippen LogP contribution >= 0.6 is 0 Å². The number of amides is 1. The summed E-state index contributed by atoms with van der Waals surface area (Å²) < 4.78 is 30.7. The average molecular weight is 319 g/mol. The first-order valence-electron chi connectivity index (χ1n) is 6.25. The molecule has 118 valence electrons. The Morgan fingerprint density at radius 3 is 3.05 bits per heavy atom. The molecular formula is C10H17N5O5S. The molecule has 0 radical (unpaired) electrons. The largest absolute Gasteiger partial charge is 0.394 e. The zero-order chi connectivity index (χ0) is 15.5. The lowest BCUT2D eigenvalue weighted by atomic mass is 10.2. The number of hydrogen-bond acceptors (Lipinski definition) is 7. The lowest BCUT2D eigenvalue weighted by molar-refractivity contribution is -0.142. The van der Waals surface area contributed by atoms with Crippen LogP contribution in [0.4, 0.5) is 5.82 Å². The lowest BCUT2D eigenvalue weighted by Gasteiger charge is -2.34. The zero-order valence-corrected chi connectivity index (χ0v) is 12.3. The number of ether oxygens (including phenoxy) is 1. The SMILES string of the molecule is CS(=O)(=O)Nc1cn(CC(=O)N2CCOCC2CO)nn1. The Bertz CT molecular complexity index is 601. The van der Waals surface area contributed by atoms with Gasteiger partial charge in [0.15, 0.2) is 5.82 Å². The molecule has 1 aliphatic heterocycles. The number of rotatable bonds is 5. The second kappa shape index (κ2) is 6.37. The average Bonchev–Trinajstić information content (AvgIpc) is 2.83. The first-order chi connectivity index (χ1) is 9.89. The van der Waals surface area contributed by atoms with Gasteiger partial charge in [0.25, 0.3) is 0 Å². The van der Waals surface area contributed by atoms with Gasteiger partial charge in [0.2, 0.25) is 15.9 Å². The fraction of sp³-hybridized carbons (Fsp3) is 0.700. The second-order valence-corrected chi connectivity index (χ2v) is 6.42. The maximum atomic E-state index is 12.2. The molecule has 0 bridgehead atoms. The van der Waals surface area contributed by atoms with Gasteiger partial charge in [-0.25, -0.2) is 13.1 Å². The van der Waals surface area contributed by atoms with Crippen LogP contribution in [0.3, 0.4) is 0 Å². The van der Waals surface area contributed by atoms with Crippen molar-refractivity contribution in [2.75, 3.05) is 37.3 Å². The molecule has 0 spiro atoms. The number of carbonyl (C=O) groups excluding carboxylic acids is 1. The molecule has 0 aliphatic carbocycles. The van der Waals surface area contributed by atoms with Gasteiger partial charge in [-0.1, -0.05) is 5.21 Å². The number of hydrogen-bond donors (Lipinski definition) is 2. The summed E-state index contributed by atoms with van der Waals surface area (Å²) in [5.41, 5.74) is 0. The smallest absolute Gasteiger partial charge is 0.244 e. The molecule has 2 rings (SSSR count). The van der Waals surface area contributed by atoms with E-state index in [-0.39, 0.29) is 30.9 Å². The number of aliphatic hydroxyl groups excluding tert-OH is 1. The Labute approximate surface area is 121 Å². The van der Waals surface area contributed by atoms with Crippen molar-refractivity contribution in [2.24, 2.45) is 0 Å². The number of aromatic nitrogens is 3. The highest BCUT2D eigenvalue weighted by atomic mass is 32.2. The molecule has 1 atom stereocenters. The summed E-state index contributed by atoms with van der Waals surface area (Å²) in [7, 11) is -3.44. The number of anilines is 1. The van der Waals surface area contributed by atoms with Crippen LogP contribution in [-0.2, 0) is 26.1 Å². The molecule has 10 nitrogen and oxygen atoms in total. The minimum Gasteiger partial charge on any atom is -0.394 e. The van der Waals surface area contributed by atoms with Crippen molar-refractivity contribution in [2.45, 2.75) is 12.6 Å². The van der Waals surface area contributed by atoms with E-state index in [0.29, 0.717) is 19.8 Å². The van der Waals surface area contributed by atoms with Crippen LogP contribution in [-0.4, -0.2) is 78.0 Å². The third kappa shape index (κ3) is 4.37. The van der Waals surface area contributed by atoms with Crippen molar-refractivity contribution >= 4 is 21.7 Å². The second-order valence-electron chi connectivity index (χ2n) is 4.67. The zero-order valence-electron chi connectivity index (χ0n) is 11.5. The highest BCUT2D eigenvalue weighted by Crippen LogP contribution is 2.08. The fourth-order valence-electron chi connectivity index (χ4n) is 1.98. The van der Waals surface area contributed by atoms with Crippen LogP contribution in [0.5, 0.6) is 0 Å². The number of morpholine rings is 1.